The van der Waals surface area contributed by atoms with Crippen LogP contribution in [0.5, 0.6) is 0 Å². The number of nitrogens with zero attached hydrogens (tertiary/aromatic N) is 2. The van der Waals surface area contributed by atoms with Gasteiger partial charge in [0.1, 0.15) is 12.0 Å². The van der Waals surface area contributed by atoms with Crippen molar-refractivity contribution in [3.05, 3.63) is 29.3 Å². The molecule has 0 spiro atoms. The highest BCUT2D eigenvalue weighted by Crippen LogP contribution is 2.34. The van der Waals surface area contributed by atoms with Crippen LogP contribution < -0.4 is 10.3 Å². The number of benzene rings is 1. The number of hydrogen-bond donors (Lipinski definition) is 1. The summed E-state index contributed by atoms with van der Waals surface area (Å²) in [6.45, 7) is 0. The SMILES string of the molecule is COC(=O)C1=NN[C@@H]2C(=O)N(c3ccccc3Cl)C(=O)[C@@H]12. The third kappa shape index (κ3) is 1.89. The number of carbonyl (C=O) groups excluding carboxylic acids is 3. The van der Waals surface area contributed by atoms with Crippen LogP contribution in [0.25, 0.3) is 0 Å². The summed E-state index contributed by atoms with van der Waals surface area (Å²) in [5.74, 6) is -2.77. The van der Waals surface area contributed by atoms with Gasteiger partial charge in [-0.2, -0.15) is 5.10 Å². The molecule has 2 aliphatic rings. The van der Waals surface area contributed by atoms with Crippen molar-refractivity contribution in [1.29, 1.82) is 0 Å². The summed E-state index contributed by atoms with van der Waals surface area (Å²) in [7, 11) is 1.19. The number of hydrazone groups is 1. The minimum absolute atomic E-state index is 0.101. The van der Waals surface area contributed by atoms with Gasteiger partial charge in [-0.1, -0.05) is 23.7 Å². The van der Waals surface area contributed by atoms with E-state index in [-0.39, 0.29) is 16.4 Å². The zero-order chi connectivity index (χ0) is 15.1. The second-order valence-electron chi connectivity index (χ2n) is 4.54. The molecule has 2 heterocycles. The van der Waals surface area contributed by atoms with Gasteiger partial charge in [-0.15, -0.1) is 0 Å². The number of fused-ring (bicyclic) bond motifs is 1. The van der Waals surface area contributed by atoms with Gasteiger partial charge in [-0.25, -0.2) is 9.69 Å². The Balaban J connectivity index is 2.00. The largest absolute Gasteiger partial charge is 0.464 e. The Bertz CT molecular complexity index is 688. The van der Waals surface area contributed by atoms with Crippen LogP contribution in [0.3, 0.4) is 0 Å². The van der Waals surface area contributed by atoms with E-state index in [1.807, 2.05) is 0 Å². The highest BCUT2D eigenvalue weighted by Gasteiger charge is 2.55. The molecule has 108 valence electrons. The van der Waals surface area contributed by atoms with Crippen molar-refractivity contribution in [2.24, 2.45) is 11.0 Å². The minimum atomic E-state index is -0.985. The first-order valence-electron chi connectivity index (χ1n) is 6.10. The van der Waals surface area contributed by atoms with Crippen LogP contribution in [0.1, 0.15) is 0 Å². The maximum absolute atomic E-state index is 12.5. The molecule has 0 aliphatic carbocycles. The molecule has 0 bridgehead atoms. The number of imide groups is 1. The minimum Gasteiger partial charge on any atom is -0.464 e. The van der Waals surface area contributed by atoms with E-state index in [0.29, 0.717) is 0 Å². The van der Waals surface area contributed by atoms with E-state index in [9.17, 15) is 14.4 Å². The summed E-state index contributed by atoms with van der Waals surface area (Å²) in [5.41, 5.74) is 2.70. The predicted molar refractivity (Wildman–Crippen MR) is 73.8 cm³/mol. The first-order chi connectivity index (χ1) is 10.1. The van der Waals surface area contributed by atoms with Gasteiger partial charge >= 0.3 is 5.97 Å². The molecule has 2 atom stereocenters. The highest BCUT2D eigenvalue weighted by molar-refractivity contribution is 6.47. The standard InChI is InChI=1S/C13H10ClN3O4/c1-21-13(20)10-8-9(15-16-10)12(19)17(11(8)18)7-5-3-2-4-6(7)14/h2-5,8-9,15H,1H3/t8-,9+/m1/s1. The lowest BCUT2D eigenvalue weighted by Gasteiger charge is -2.16. The van der Waals surface area contributed by atoms with E-state index in [0.717, 1.165) is 4.90 Å². The number of ether oxygens (including phenoxy) is 1. The molecule has 2 amide bonds. The monoisotopic (exact) mass is 307 g/mol. The lowest BCUT2D eigenvalue weighted by molar-refractivity contribution is -0.133. The van der Waals surface area contributed by atoms with E-state index in [1.165, 1.54) is 7.11 Å². The van der Waals surface area contributed by atoms with Crippen molar-refractivity contribution in [3.63, 3.8) is 0 Å². The van der Waals surface area contributed by atoms with E-state index in [2.05, 4.69) is 15.3 Å². The lowest BCUT2D eigenvalue weighted by Crippen LogP contribution is -2.36. The molecular weight excluding hydrogens is 298 g/mol. The molecule has 1 saturated heterocycles. The zero-order valence-electron chi connectivity index (χ0n) is 10.9. The maximum Gasteiger partial charge on any atom is 0.355 e. The third-order valence-corrected chi connectivity index (χ3v) is 3.73. The summed E-state index contributed by atoms with van der Waals surface area (Å²) in [5, 5.41) is 4.01. The zero-order valence-corrected chi connectivity index (χ0v) is 11.6. The normalized spacial score (nSPS) is 23.7. The number of hydrogen-bond acceptors (Lipinski definition) is 6. The van der Waals surface area contributed by atoms with Crippen LogP contribution in [0, 0.1) is 5.92 Å². The summed E-state index contributed by atoms with van der Waals surface area (Å²) >= 11 is 6.03. The first kappa shape index (κ1) is 13.6. The summed E-state index contributed by atoms with van der Waals surface area (Å²) in [4.78, 5) is 37.5. The van der Waals surface area contributed by atoms with Crippen LogP contribution in [0.15, 0.2) is 29.4 Å². The molecule has 7 nitrogen and oxygen atoms in total. The second-order valence-corrected chi connectivity index (χ2v) is 4.94. The fraction of sp³-hybridized carbons (Fsp3) is 0.231. The summed E-state index contributed by atoms with van der Waals surface area (Å²) in [6.07, 6.45) is 0. The number of para-hydroxylation sites is 1. The average Bonchev–Trinajstić information content (AvgIpc) is 3.01. The van der Waals surface area contributed by atoms with E-state index < -0.39 is 29.7 Å². The molecule has 0 unspecified atom stereocenters. The van der Waals surface area contributed by atoms with Crippen molar-refractivity contribution in [1.82, 2.24) is 5.43 Å². The smallest absolute Gasteiger partial charge is 0.355 e. The molecule has 3 rings (SSSR count). The number of rotatable bonds is 2. The van der Waals surface area contributed by atoms with Gasteiger partial charge in [-0.05, 0) is 12.1 Å². The predicted octanol–water partition coefficient (Wildman–Crippen LogP) is 0.330. The number of anilines is 1. The Morgan fingerprint density at radius 2 is 2.05 bits per heavy atom. The van der Waals surface area contributed by atoms with Crippen LogP contribution in [0.4, 0.5) is 5.69 Å². The molecule has 1 N–H and O–H groups in total. The van der Waals surface area contributed by atoms with Crippen LogP contribution in [-0.4, -0.2) is 36.6 Å². The van der Waals surface area contributed by atoms with Crippen LogP contribution >= 0.6 is 11.6 Å². The number of amides is 2. The average molecular weight is 308 g/mol. The van der Waals surface area contributed by atoms with Crippen molar-refractivity contribution in [3.8, 4) is 0 Å². The van der Waals surface area contributed by atoms with Crippen molar-refractivity contribution in [2.75, 3.05) is 12.0 Å². The van der Waals surface area contributed by atoms with Gasteiger partial charge < -0.3 is 4.74 Å². The van der Waals surface area contributed by atoms with Crippen molar-refractivity contribution >= 4 is 40.8 Å². The third-order valence-electron chi connectivity index (χ3n) is 3.41. The molecule has 1 aromatic carbocycles. The number of nitrogens with one attached hydrogen (secondary N) is 1. The van der Waals surface area contributed by atoms with Gasteiger partial charge in [0.15, 0.2) is 5.71 Å². The van der Waals surface area contributed by atoms with Gasteiger partial charge in [0.25, 0.3) is 5.91 Å². The molecule has 1 fully saturated rings. The number of esters is 1. The number of methoxy groups -OCH3 is 1. The van der Waals surface area contributed by atoms with Crippen LogP contribution in [0.2, 0.25) is 5.02 Å². The molecular formula is C13H10ClN3O4. The van der Waals surface area contributed by atoms with E-state index in [1.54, 1.807) is 24.3 Å². The summed E-state index contributed by atoms with van der Waals surface area (Å²) < 4.78 is 4.57. The second kappa shape index (κ2) is 4.85. The Morgan fingerprint density at radius 3 is 2.71 bits per heavy atom. The van der Waals surface area contributed by atoms with Crippen LogP contribution in [-0.2, 0) is 19.1 Å². The topological polar surface area (TPSA) is 88.1 Å². The van der Waals surface area contributed by atoms with E-state index >= 15 is 0 Å². The molecule has 21 heavy (non-hydrogen) atoms. The molecule has 0 saturated carbocycles. The molecule has 0 radical (unpaired) electrons. The quantitative estimate of drug-likeness (QED) is 0.628. The highest BCUT2D eigenvalue weighted by atomic mass is 35.5. The first-order valence-corrected chi connectivity index (χ1v) is 6.48. The molecule has 8 heteroatoms. The van der Waals surface area contributed by atoms with E-state index in [4.69, 9.17) is 11.6 Å². The maximum atomic E-state index is 12.5. The Morgan fingerprint density at radius 1 is 1.33 bits per heavy atom. The lowest BCUT2D eigenvalue weighted by atomic mass is 9.99. The van der Waals surface area contributed by atoms with Gasteiger partial charge in [0.2, 0.25) is 5.91 Å². The van der Waals surface area contributed by atoms with Crippen molar-refractivity contribution < 1.29 is 19.1 Å². The van der Waals surface area contributed by atoms with Gasteiger partial charge in [0, 0.05) is 0 Å². The summed E-state index contributed by atoms with van der Waals surface area (Å²) in [6, 6.07) is 5.60. The molecule has 0 aromatic heterocycles. The Kier molecular flexibility index (Phi) is 3.13. The number of halogens is 1. The van der Waals surface area contributed by atoms with Gasteiger partial charge in [-0.3, -0.25) is 15.0 Å². The fourth-order valence-corrected chi connectivity index (χ4v) is 2.65. The molecule has 2 aliphatic heterocycles. The Labute approximate surface area is 124 Å². The van der Waals surface area contributed by atoms with Gasteiger partial charge in [0.05, 0.1) is 17.8 Å². The molecule has 1 aromatic rings. The van der Waals surface area contributed by atoms with Crippen molar-refractivity contribution in [2.45, 2.75) is 6.04 Å². The number of carbonyl (C=O) groups is 3. The Hall–Kier alpha value is -2.41. The fourth-order valence-electron chi connectivity index (χ4n) is 2.43.